The van der Waals surface area contributed by atoms with Gasteiger partial charge in [-0.1, -0.05) is 48.9 Å². The van der Waals surface area contributed by atoms with E-state index in [1.807, 2.05) is 18.2 Å². The van der Waals surface area contributed by atoms with Crippen molar-refractivity contribution in [1.82, 2.24) is 15.2 Å². The Morgan fingerprint density at radius 1 is 1.23 bits per heavy atom. The van der Waals surface area contributed by atoms with E-state index in [9.17, 15) is 4.79 Å². The molecule has 2 heterocycles. The molecule has 0 saturated carbocycles. The van der Waals surface area contributed by atoms with Gasteiger partial charge >= 0.3 is 0 Å². The minimum atomic E-state index is -0.0667. The van der Waals surface area contributed by atoms with Gasteiger partial charge in [-0.2, -0.15) is 0 Å². The van der Waals surface area contributed by atoms with Crippen LogP contribution in [0.3, 0.4) is 0 Å². The van der Waals surface area contributed by atoms with Crippen molar-refractivity contribution >= 4 is 28.4 Å². The molecule has 2 aromatic carbocycles. The summed E-state index contributed by atoms with van der Waals surface area (Å²) in [6.07, 6.45) is 3.39. The summed E-state index contributed by atoms with van der Waals surface area (Å²) in [5.74, 6) is -0.0119. The Morgan fingerprint density at radius 2 is 2.03 bits per heavy atom. The molecule has 4 rings (SSSR count). The lowest BCUT2D eigenvalue weighted by atomic mass is 9.87. The average molecular weight is 440 g/mol. The number of carbonyl (C=O) groups is 1. The molecule has 1 atom stereocenters. The highest BCUT2D eigenvalue weighted by atomic mass is 35.5. The first-order chi connectivity index (χ1) is 15.2. The number of nitrogens with zero attached hydrogens (tertiary/aromatic N) is 1. The second-order valence-corrected chi connectivity index (χ2v) is 8.49. The number of benzene rings is 2. The number of ether oxygens (including phenoxy) is 1. The number of hydrogen-bond donors (Lipinski definition) is 2. The van der Waals surface area contributed by atoms with Crippen LogP contribution in [-0.4, -0.2) is 55.2 Å². The highest BCUT2D eigenvalue weighted by Gasteiger charge is 2.22. The molecule has 0 bridgehead atoms. The standard InChI is InChI=1S/C25H30ClN3O2/c1-2-18-5-4-8-21-23(17-28-25(18)21)22(19-6-3-7-20(26)15-19)16-24(30)27-9-10-29-11-13-31-14-12-29/h3-8,15,17,22,28H,2,9-14,16H2,1H3,(H,27,30)/t22-/m0/s1. The fourth-order valence-electron chi connectivity index (χ4n) is 4.39. The molecule has 0 unspecified atom stereocenters. The summed E-state index contributed by atoms with van der Waals surface area (Å²) >= 11 is 6.30. The van der Waals surface area contributed by atoms with Gasteiger partial charge in [0, 0.05) is 60.6 Å². The van der Waals surface area contributed by atoms with Crippen molar-refractivity contribution in [1.29, 1.82) is 0 Å². The van der Waals surface area contributed by atoms with E-state index in [4.69, 9.17) is 16.3 Å². The van der Waals surface area contributed by atoms with E-state index in [0.717, 1.165) is 55.9 Å². The van der Waals surface area contributed by atoms with Crippen LogP contribution in [0.15, 0.2) is 48.7 Å². The van der Waals surface area contributed by atoms with Gasteiger partial charge in [0.05, 0.1) is 13.2 Å². The van der Waals surface area contributed by atoms with Crippen LogP contribution < -0.4 is 5.32 Å². The van der Waals surface area contributed by atoms with Crippen LogP contribution in [0.4, 0.5) is 0 Å². The van der Waals surface area contributed by atoms with Gasteiger partial charge < -0.3 is 15.0 Å². The zero-order valence-electron chi connectivity index (χ0n) is 18.0. The van der Waals surface area contributed by atoms with Gasteiger partial charge in [-0.25, -0.2) is 0 Å². The Balaban J connectivity index is 1.53. The molecule has 1 amide bonds. The first-order valence-corrected chi connectivity index (χ1v) is 11.4. The first kappa shape index (κ1) is 21.9. The summed E-state index contributed by atoms with van der Waals surface area (Å²) in [6.45, 7) is 7.05. The second-order valence-electron chi connectivity index (χ2n) is 8.05. The molecule has 3 aromatic rings. The molecular formula is C25H30ClN3O2. The molecule has 1 aromatic heterocycles. The number of aryl methyl sites for hydroxylation is 1. The number of amides is 1. The van der Waals surface area contributed by atoms with Gasteiger partial charge in [0.1, 0.15) is 0 Å². The van der Waals surface area contributed by atoms with Crippen molar-refractivity contribution < 1.29 is 9.53 Å². The Hall–Kier alpha value is -2.34. The molecule has 0 radical (unpaired) electrons. The maximum atomic E-state index is 12.9. The first-order valence-electron chi connectivity index (χ1n) is 11.1. The maximum absolute atomic E-state index is 12.9. The van der Waals surface area contributed by atoms with Crippen LogP contribution in [0.1, 0.15) is 36.0 Å². The monoisotopic (exact) mass is 439 g/mol. The summed E-state index contributed by atoms with van der Waals surface area (Å²) in [5, 5.41) is 4.97. The third-order valence-electron chi connectivity index (χ3n) is 6.08. The predicted octanol–water partition coefficient (Wildman–Crippen LogP) is 4.35. The normalized spacial score (nSPS) is 15.8. The Kier molecular flexibility index (Phi) is 7.28. The molecule has 1 saturated heterocycles. The van der Waals surface area contributed by atoms with E-state index in [0.29, 0.717) is 18.0 Å². The molecule has 164 valence electrons. The van der Waals surface area contributed by atoms with Gasteiger partial charge in [0.25, 0.3) is 0 Å². The second kappa shape index (κ2) is 10.3. The molecule has 2 N–H and O–H groups in total. The van der Waals surface area contributed by atoms with E-state index in [1.165, 1.54) is 10.9 Å². The Morgan fingerprint density at radius 3 is 2.81 bits per heavy atom. The van der Waals surface area contributed by atoms with Crippen molar-refractivity contribution in [2.24, 2.45) is 0 Å². The van der Waals surface area contributed by atoms with Crippen LogP contribution >= 0.6 is 11.6 Å². The molecule has 1 aliphatic rings. The number of hydrogen-bond acceptors (Lipinski definition) is 3. The summed E-state index contributed by atoms with van der Waals surface area (Å²) in [6, 6.07) is 14.2. The van der Waals surface area contributed by atoms with Crippen molar-refractivity contribution in [2.75, 3.05) is 39.4 Å². The quantitative estimate of drug-likeness (QED) is 0.548. The third kappa shape index (κ3) is 5.29. The van der Waals surface area contributed by atoms with E-state index in [-0.39, 0.29) is 11.8 Å². The van der Waals surface area contributed by atoms with Crippen molar-refractivity contribution in [3.63, 3.8) is 0 Å². The minimum absolute atomic E-state index is 0.0548. The number of H-pyrrole nitrogens is 1. The summed E-state index contributed by atoms with van der Waals surface area (Å²) in [5.41, 5.74) is 4.62. The molecule has 0 spiro atoms. The lowest BCUT2D eigenvalue weighted by Crippen LogP contribution is -2.41. The van der Waals surface area contributed by atoms with Gasteiger partial charge in [0.15, 0.2) is 0 Å². The molecule has 0 aliphatic carbocycles. The van der Waals surface area contributed by atoms with Crippen molar-refractivity contribution in [3.8, 4) is 0 Å². The minimum Gasteiger partial charge on any atom is -0.379 e. The average Bonchev–Trinajstić information content (AvgIpc) is 3.22. The molecular weight excluding hydrogens is 410 g/mol. The third-order valence-corrected chi connectivity index (χ3v) is 6.32. The fourth-order valence-corrected chi connectivity index (χ4v) is 4.59. The van der Waals surface area contributed by atoms with Crippen LogP contribution in [0.2, 0.25) is 5.02 Å². The van der Waals surface area contributed by atoms with Gasteiger partial charge in [-0.15, -0.1) is 0 Å². The molecule has 1 fully saturated rings. The highest BCUT2D eigenvalue weighted by molar-refractivity contribution is 6.30. The molecule has 5 nitrogen and oxygen atoms in total. The van der Waals surface area contributed by atoms with E-state index in [1.54, 1.807) is 0 Å². The number of halogens is 1. The number of para-hydroxylation sites is 1. The van der Waals surface area contributed by atoms with Crippen LogP contribution in [0, 0.1) is 0 Å². The highest BCUT2D eigenvalue weighted by Crippen LogP contribution is 2.35. The molecule has 31 heavy (non-hydrogen) atoms. The topological polar surface area (TPSA) is 57.4 Å². The zero-order chi connectivity index (χ0) is 21.6. The Bertz CT molecular complexity index is 1030. The smallest absolute Gasteiger partial charge is 0.220 e. The number of fused-ring (bicyclic) bond motifs is 1. The largest absolute Gasteiger partial charge is 0.379 e. The summed E-state index contributed by atoms with van der Waals surface area (Å²) in [7, 11) is 0. The number of aromatic amines is 1. The van der Waals surface area contributed by atoms with Crippen molar-refractivity contribution in [2.45, 2.75) is 25.7 Å². The lowest BCUT2D eigenvalue weighted by Gasteiger charge is -2.26. The van der Waals surface area contributed by atoms with Crippen LogP contribution in [0.5, 0.6) is 0 Å². The Labute approximate surface area is 188 Å². The molecule has 6 heteroatoms. The fraction of sp³-hybridized carbons (Fsp3) is 0.400. The summed E-state index contributed by atoms with van der Waals surface area (Å²) in [4.78, 5) is 18.7. The number of morpholine rings is 1. The predicted molar refractivity (Wildman–Crippen MR) is 126 cm³/mol. The maximum Gasteiger partial charge on any atom is 0.220 e. The number of nitrogens with one attached hydrogen (secondary N) is 2. The number of carbonyl (C=O) groups excluding carboxylic acids is 1. The SMILES string of the molecule is CCc1cccc2c([C@@H](CC(=O)NCCN3CCOCC3)c3cccc(Cl)c3)c[nH]c12. The zero-order valence-corrected chi connectivity index (χ0v) is 18.8. The van der Waals surface area contributed by atoms with Gasteiger partial charge in [0.2, 0.25) is 5.91 Å². The summed E-state index contributed by atoms with van der Waals surface area (Å²) < 4.78 is 5.39. The van der Waals surface area contributed by atoms with Crippen LogP contribution in [0.25, 0.3) is 10.9 Å². The molecule has 1 aliphatic heterocycles. The van der Waals surface area contributed by atoms with E-state index in [2.05, 4.69) is 52.6 Å². The van der Waals surface area contributed by atoms with Gasteiger partial charge in [-0.05, 0) is 35.2 Å². The number of aromatic nitrogens is 1. The van der Waals surface area contributed by atoms with Crippen LogP contribution in [-0.2, 0) is 16.0 Å². The lowest BCUT2D eigenvalue weighted by molar-refractivity contribution is -0.121. The van der Waals surface area contributed by atoms with Gasteiger partial charge in [-0.3, -0.25) is 9.69 Å². The number of rotatable bonds is 8. The van der Waals surface area contributed by atoms with Crippen molar-refractivity contribution in [3.05, 3.63) is 70.4 Å². The van der Waals surface area contributed by atoms with E-state index < -0.39 is 0 Å². The van der Waals surface area contributed by atoms with E-state index >= 15 is 0 Å².